The second-order valence-corrected chi connectivity index (χ2v) is 6.58. The molecule has 4 nitrogen and oxygen atoms in total. The number of benzene rings is 2. The Labute approximate surface area is 149 Å². The Kier molecular flexibility index (Phi) is 5.67. The summed E-state index contributed by atoms with van der Waals surface area (Å²) in [6.45, 7) is 1.52. The summed E-state index contributed by atoms with van der Waals surface area (Å²) in [5.74, 6) is 0.0210. The zero-order valence-corrected chi connectivity index (χ0v) is 14.9. The van der Waals surface area contributed by atoms with E-state index in [9.17, 15) is 4.79 Å². The van der Waals surface area contributed by atoms with Gasteiger partial charge in [-0.2, -0.15) is 0 Å². The standard InChI is InChI=1S/C19H20BrN3O/c20-15-4-3-5-16(12-15)23-19(24)9-11-21-10-8-14-13-22-18-7-2-1-6-17(14)18/h1-7,12-13,21-22H,8-11H2,(H,23,24). The zero-order chi connectivity index (χ0) is 16.8. The van der Waals surface area contributed by atoms with Crippen LogP contribution in [0.5, 0.6) is 0 Å². The Morgan fingerprint density at radius 1 is 1.08 bits per heavy atom. The van der Waals surface area contributed by atoms with Gasteiger partial charge >= 0.3 is 0 Å². The number of aromatic amines is 1. The van der Waals surface area contributed by atoms with Crippen molar-refractivity contribution in [3.05, 3.63) is 64.8 Å². The predicted molar refractivity (Wildman–Crippen MR) is 102 cm³/mol. The molecule has 0 unspecified atom stereocenters. The molecule has 3 aromatic rings. The maximum atomic E-state index is 11.9. The molecule has 0 atom stereocenters. The molecule has 0 spiro atoms. The molecule has 3 N–H and O–H groups in total. The van der Waals surface area contributed by atoms with Crippen LogP contribution in [0.15, 0.2) is 59.2 Å². The van der Waals surface area contributed by atoms with Crippen LogP contribution in [0.2, 0.25) is 0 Å². The number of rotatable bonds is 7. The van der Waals surface area contributed by atoms with Gasteiger partial charge in [-0.15, -0.1) is 0 Å². The van der Waals surface area contributed by atoms with Crippen LogP contribution < -0.4 is 10.6 Å². The van der Waals surface area contributed by atoms with Crippen LogP contribution in [0, 0.1) is 0 Å². The smallest absolute Gasteiger partial charge is 0.225 e. The summed E-state index contributed by atoms with van der Waals surface area (Å²) in [5.41, 5.74) is 3.28. The van der Waals surface area contributed by atoms with E-state index in [4.69, 9.17) is 0 Å². The summed E-state index contributed by atoms with van der Waals surface area (Å²) in [6, 6.07) is 15.9. The number of carbonyl (C=O) groups is 1. The molecule has 0 saturated heterocycles. The average molecular weight is 386 g/mol. The summed E-state index contributed by atoms with van der Waals surface area (Å²) in [6.07, 6.45) is 3.46. The lowest BCUT2D eigenvalue weighted by molar-refractivity contribution is -0.116. The van der Waals surface area contributed by atoms with E-state index in [2.05, 4.69) is 55.9 Å². The first kappa shape index (κ1) is 16.7. The largest absolute Gasteiger partial charge is 0.361 e. The highest BCUT2D eigenvalue weighted by atomic mass is 79.9. The maximum absolute atomic E-state index is 11.9. The van der Waals surface area contributed by atoms with Crippen molar-refractivity contribution >= 4 is 38.4 Å². The number of nitrogens with one attached hydrogen (secondary N) is 3. The molecule has 5 heteroatoms. The van der Waals surface area contributed by atoms with Crippen molar-refractivity contribution in [1.82, 2.24) is 10.3 Å². The van der Waals surface area contributed by atoms with E-state index in [-0.39, 0.29) is 5.91 Å². The van der Waals surface area contributed by atoms with Crippen LogP contribution in [0.25, 0.3) is 10.9 Å². The SMILES string of the molecule is O=C(CCNCCc1c[nH]c2ccccc12)Nc1cccc(Br)c1. The molecule has 0 bridgehead atoms. The lowest BCUT2D eigenvalue weighted by Gasteiger charge is -2.07. The fourth-order valence-electron chi connectivity index (χ4n) is 2.68. The van der Waals surface area contributed by atoms with Gasteiger partial charge in [0.05, 0.1) is 0 Å². The minimum absolute atomic E-state index is 0.0210. The third-order valence-electron chi connectivity index (χ3n) is 3.88. The second kappa shape index (κ2) is 8.13. The molecule has 3 rings (SSSR count). The van der Waals surface area contributed by atoms with Crippen LogP contribution in [0.1, 0.15) is 12.0 Å². The van der Waals surface area contributed by atoms with Crippen LogP contribution in [0.4, 0.5) is 5.69 Å². The highest BCUT2D eigenvalue weighted by Gasteiger charge is 2.04. The molecule has 0 aliphatic heterocycles. The number of H-pyrrole nitrogens is 1. The van der Waals surface area contributed by atoms with E-state index < -0.39 is 0 Å². The van der Waals surface area contributed by atoms with Crippen LogP contribution in [-0.2, 0) is 11.2 Å². The molecule has 0 aliphatic carbocycles. The number of fused-ring (bicyclic) bond motifs is 1. The summed E-state index contributed by atoms with van der Waals surface area (Å²) in [7, 11) is 0. The number of amides is 1. The van der Waals surface area contributed by atoms with Crippen molar-refractivity contribution < 1.29 is 4.79 Å². The highest BCUT2D eigenvalue weighted by Crippen LogP contribution is 2.18. The summed E-state index contributed by atoms with van der Waals surface area (Å²) in [5, 5.41) is 7.50. The van der Waals surface area contributed by atoms with Crippen molar-refractivity contribution in [2.75, 3.05) is 18.4 Å². The first-order valence-electron chi connectivity index (χ1n) is 8.03. The lowest BCUT2D eigenvalue weighted by atomic mass is 10.1. The number of hydrogen-bond donors (Lipinski definition) is 3. The Morgan fingerprint density at radius 3 is 2.83 bits per heavy atom. The number of halogens is 1. The molecule has 2 aromatic carbocycles. The van der Waals surface area contributed by atoms with Gasteiger partial charge in [0.15, 0.2) is 0 Å². The number of para-hydroxylation sites is 1. The van der Waals surface area contributed by atoms with Crippen molar-refractivity contribution in [1.29, 1.82) is 0 Å². The van der Waals surface area contributed by atoms with Crippen LogP contribution in [0.3, 0.4) is 0 Å². The van der Waals surface area contributed by atoms with Gasteiger partial charge in [0.1, 0.15) is 0 Å². The van der Waals surface area contributed by atoms with E-state index in [1.54, 1.807) is 0 Å². The van der Waals surface area contributed by atoms with Gasteiger partial charge in [-0.1, -0.05) is 40.2 Å². The van der Waals surface area contributed by atoms with Crippen molar-refractivity contribution in [2.24, 2.45) is 0 Å². The Balaban J connectivity index is 1.38. The minimum atomic E-state index is 0.0210. The van der Waals surface area contributed by atoms with E-state index in [1.165, 1.54) is 16.5 Å². The summed E-state index contributed by atoms with van der Waals surface area (Å²) in [4.78, 5) is 15.2. The summed E-state index contributed by atoms with van der Waals surface area (Å²) >= 11 is 3.39. The van der Waals surface area contributed by atoms with E-state index in [0.29, 0.717) is 13.0 Å². The number of aromatic nitrogens is 1. The molecular weight excluding hydrogens is 366 g/mol. The first-order valence-corrected chi connectivity index (χ1v) is 8.83. The number of hydrogen-bond acceptors (Lipinski definition) is 2. The first-order chi connectivity index (χ1) is 11.7. The second-order valence-electron chi connectivity index (χ2n) is 5.67. The molecule has 0 aliphatic rings. The molecule has 1 amide bonds. The molecule has 0 radical (unpaired) electrons. The quantitative estimate of drug-likeness (QED) is 0.536. The molecule has 1 heterocycles. The predicted octanol–water partition coefficient (Wildman–Crippen LogP) is 4.09. The normalized spacial score (nSPS) is 10.9. The van der Waals surface area contributed by atoms with E-state index >= 15 is 0 Å². The topological polar surface area (TPSA) is 56.9 Å². The Morgan fingerprint density at radius 2 is 1.96 bits per heavy atom. The van der Waals surface area contributed by atoms with Gasteiger partial charge in [0.2, 0.25) is 5.91 Å². The number of anilines is 1. The van der Waals surface area contributed by atoms with Crippen molar-refractivity contribution in [3.63, 3.8) is 0 Å². The molecule has 0 saturated carbocycles. The van der Waals surface area contributed by atoms with Gasteiger partial charge < -0.3 is 15.6 Å². The van der Waals surface area contributed by atoms with Gasteiger partial charge in [-0.05, 0) is 42.8 Å². The van der Waals surface area contributed by atoms with Gasteiger partial charge in [-0.25, -0.2) is 0 Å². The highest BCUT2D eigenvalue weighted by molar-refractivity contribution is 9.10. The van der Waals surface area contributed by atoms with Crippen molar-refractivity contribution in [2.45, 2.75) is 12.8 Å². The van der Waals surface area contributed by atoms with Gasteiger partial charge in [0, 0.05) is 40.2 Å². The third kappa shape index (κ3) is 4.46. The van der Waals surface area contributed by atoms with Crippen LogP contribution >= 0.6 is 15.9 Å². The molecule has 24 heavy (non-hydrogen) atoms. The van der Waals surface area contributed by atoms with Crippen LogP contribution in [-0.4, -0.2) is 24.0 Å². The minimum Gasteiger partial charge on any atom is -0.361 e. The fourth-order valence-corrected chi connectivity index (χ4v) is 3.08. The maximum Gasteiger partial charge on any atom is 0.225 e. The van der Waals surface area contributed by atoms with E-state index in [0.717, 1.165) is 23.1 Å². The van der Waals surface area contributed by atoms with Gasteiger partial charge in [0.25, 0.3) is 0 Å². The van der Waals surface area contributed by atoms with Crippen molar-refractivity contribution in [3.8, 4) is 0 Å². The zero-order valence-electron chi connectivity index (χ0n) is 13.3. The van der Waals surface area contributed by atoms with E-state index in [1.807, 2.05) is 30.3 Å². The lowest BCUT2D eigenvalue weighted by Crippen LogP contribution is -2.23. The Bertz CT molecular complexity index is 828. The molecular formula is C19H20BrN3O. The monoisotopic (exact) mass is 385 g/mol. The third-order valence-corrected chi connectivity index (χ3v) is 4.38. The average Bonchev–Trinajstić information content (AvgIpc) is 2.98. The fraction of sp³-hybridized carbons (Fsp3) is 0.211. The Hall–Kier alpha value is -2.11. The number of carbonyl (C=O) groups excluding carboxylic acids is 1. The summed E-state index contributed by atoms with van der Waals surface area (Å²) < 4.78 is 0.956. The molecule has 124 valence electrons. The molecule has 0 fully saturated rings. The van der Waals surface area contributed by atoms with Gasteiger partial charge in [-0.3, -0.25) is 4.79 Å². The molecule has 1 aromatic heterocycles.